The normalized spacial score (nSPS) is 13.4. The van der Waals surface area contributed by atoms with Gasteiger partial charge in [0.05, 0.1) is 11.6 Å². The van der Waals surface area contributed by atoms with E-state index in [1.807, 2.05) is 37.5 Å². The van der Waals surface area contributed by atoms with Crippen LogP contribution in [0.2, 0.25) is 0 Å². The Kier molecular flexibility index (Phi) is 6.21. The Morgan fingerprint density at radius 1 is 1.13 bits per heavy atom. The van der Waals surface area contributed by atoms with Gasteiger partial charge in [-0.3, -0.25) is 0 Å². The molecule has 1 aliphatic heterocycles. The van der Waals surface area contributed by atoms with E-state index in [-0.39, 0.29) is 0 Å². The van der Waals surface area contributed by atoms with Gasteiger partial charge >= 0.3 is 0 Å². The lowest BCUT2D eigenvalue weighted by Gasteiger charge is -2.17. The molecular weight excluding hydrogens is 394 g/mol. The molecule has 0 atom stereocenters. The maximum absolute atomic E-state index is 9.38. The van der Waals surface area contributed by atoms with E-state index in [2.05, 4.69) is 30.9 Å². The van der Waals surface area contributed by atoms with Crippen LogP contribution in [-0.4, -0.2) is 39.6 Å². The number of hydrogen-bond acceptors (Lipinski definition) is 8. The van der Waals surface area contributed by atoms with Crippen LogP contribution in [0.15, 0.2) is 46.6 Å². The summed E-state index contributed by atoms with van der Waals surface area (Å²) in [6, 6.07) is 9.79. The van der Waals surface area contributed by atoms with E-state index in [4.69, 9.17) is 5.73 Å². The molecular formula is C22H23N7S. The number of anilines is 1. The molecule has 0 radical (unpaired) electrons. The maximum Gasteiger partial charge on any atom is 0.160 e. The molecule has 0 saturated carbocycles. The van der Waals surface area contributed by atoms with Crippen molar-refractivity contribution in [1.29, 1.82) is 5.26 Å². The van der Waals surface area contributed by atoms with Crippen molar-refractivity contribution in [1.82, 2.24) is 19.9 Å². The van der Waals surface area contributed by atoms with Crippen molar-refractivity contribution < 1.29 is 0 Å². The van der Waals surface area contributed by atoms with Crippen LogP contribution in [0, 0.1) is 18.3 Å². The van der Waals surface area contributed by atoms with Crippen molar-refractivity contribution in [2.75, 3.05) is 24.5 Å². The molecule has 0 spiro atoms. The molecule has 3 heterocycles. The number of aryl methyl sites for hydroxylation is 1. The predicted molar refractivity (Wildman–Crippen MR) is 117 cm³/mol. The monoisotopic (exact) mass is 417 g/mol. The Labute approximate surface area is 180 Å². The summed E-state index contributed by atoms with van der Waals surface area (Å²) >= 11 is 1.51. The Bertz CT molecular complexity index is 1070. The minimum Gasteiger partial charge on any atom is -0.356 e. The zero-order valence-corrected chi connectivity index (χ0v) is 17.7. The lowest BCUT2D eigenvalue weighted by Crippen LogP contribution is -2.19. The van der Waals surface area contributed by atoms with Crippen molar-refractivity contribution in [2.45, 2.75) is 36.1 Å². The van der Waals surface area contributed by atoms with E-state index in [0.29, 0.717) is 17.9 Å². The fraction of sp³-hybridized carbons (Fsp3) is 0.318. The molecule has 0 aliphatic carbocycles. The molecule has 2 aromatic heterocycles. The van der Waals surface area contributed by atoms with Crippen LogP contribution in [0.1, 0.15) is 29.8 Å². The summed E-state index contributed by atoms with van der Waals surface area (Å²) in [6.45, 7) is 4.53. The van der Waals surface area contributed by atoms with E-state index in [9.17, 15) is 5.26 Å². The van der Waals surface area contributed by atoms with Crippen molar-refractivity contribution in [3.8, 4) is 17.5 Å². The number of nitrogens with zero attached hydrogens (tertiary/aromatic N) is 6. The van der Waals surface area contributed by atoms with Gasteiger partial charge in [0, 0.05) is 42.0 Å². The standard InChI is InChI=1S/C22H23N7S/c1-15-27-20(29-8-2-3-9-29)11-21(28-15)30-19-10-16(12-24)4-5-18(19)22-25-13-17(6-7-23)14-26-22/h4-5,10-11,13-14H,2-3,6-9,23H2,1H3. The van der Waals surface area contributed by atoms with Crippen LogP contribution in [0.5, 0.6) is 0 Å². The first-order valence-electron chi connectivity index (χ1n) is 10.0. The molecule has 1 saturated heterocycles. The van der Waals surface area contributed by atoms with Gasteiger partial charge in [-0.1, -0.05) is 11.8 Å². The van der Waals surface area contributed by atoms with Gasteiger partial charge in [0.15, 0.2) is 5.82 Å². The first-order chi connectivity index (χ1) is 14.7. The third-order valence-electron chi connectivity index (χ3n) is 4.94. The van der Waals surface area contributed by atoms with Gasteiger partial charge in [-0.25, -0.2) is 19.9 Å². The largest absolute Gasteiger partial charge is 0.356 e. The molecule has 7 nitrogen and oxygen atoms in total. The molecule has 0 unspecified atom stereocenters. The van der Waals surface area contributed by atoms with Gasteiger partial charge in [-0.05, 0) is 56.5 Å². The summed E-state index contributed by atoms with van der Waals surface area (Å²) in [5.74, 6) is 2.32. The van der Waals surface area contributed by atoms with Crippen molar-refractivity contribution in [3.05, 3.63) is 53.6 Å². The molecule has 0 amide bonds. The van der Waals surface area contributed by atoms with Gasteiger partial charge in [0.2, 0.25) is 0 Å². The molecule has 1 aromatic carbocycles. The molecule has 1 aliphatic rings. The fourth-order valence-corrected chi connectivity index (χ4v) is 4.47. The lowest BCUT2D eigenvalue weighted by molar-refractivity contribution is 0.882. The van der Waals surface area contributed by atoms with Crippen LogP contribution in [-0.2, 0) is 6.42 Å². The Hall–Kier alpha value is -3.02. The topological polar surface area (TPSA) is 105 Å². The summed E-state index contributed by atoms with van der Waals surface area (Å²) < 4.78 is 0. The van der Waals surface area contributed by atoms with Crippen LogP contribution in [0.25, 0.3) is 11.4 Å². The minimum absolute atomic E-state index is 0.563. The van der Waals surface area contributed by atoms with Gasteiger partial charge in [-0.15, -0.1) is 0 Å². The number of aromatic nitrogens is 4. The molecule has 2 N–H and O–H groups in total. The van der Waals surface area contributed by atoms with E-state index in [1.54, 1.807) is 6.07 Å². The molecule has 1 fully saturated rings. The second-order valence-corrected chi connectivity index (χ2v) is 8.25. The average molecular weight is 418 g/mol. The van der Waals surface area contributed by atoms with E-state index in [1.165, 1.54) is 24.6 Å². The van der Waals surface area contributed by atoms with Gasteiger partial charge in [-0.2, -0.15) is 5.26 Å². The quantitative estimate of drug-likeness (QED) is 0.609. The zero-order valence-electron chi connectivity index (χ0n) is 16.9. The maximum atomic E-state index is 9.38. The highest BCUT2D eigenvalue weighted by atomic mass is 32.2. The number of nitriles is 1. The van der Waals surface area contributed by atoms with Gasteiger partial charge in [0.1, 0.15) is 16.7 Å². The SMILES string of the molecule is Cc1nc(Sc2cc(C#N)ccc2-c2ncc(CCN)cn2)cc(N2CCCC2)n1. The van der Waals surface area contributed by atoms with Gasteiger partial charge < -0.3 is 10.6 Å². The highest BCUT2D eigenvalue weighted by molar-refractivity contribution is 7.99. The zero-order chi connectivity index (χ0) is 20.9. The third kappa shape index (κ3) is 4.58. The van der Waals surface area contributed by atoms with Gasteiger partial charge in [0.25, 0.3) is 0 Å². The predicted octanol–water partition coefficient (Wildman–Crippen LogP) is 3.37. The molecule has 4 rings (SSSR count). The second kappa shape index (κ2) is 9.20. The Morgan fingerprint density at radius 3 is 2.60 bits per heavy atom. The molecule has 152 valence electrons. The summed E-state index contributed by atoms with van der Waals surface area (Å²) in [5, 5.41) is 10.2. The number of rotatable bonds is 6. The van der Waals surface area contributed by atoms with E-state index < -0.39 is 0 Å². The van der Waals surface area contributed by atoms with Crippen molar-refractivity contribution in [2.24, 2.45) is 5.73 Å². The summed E-state index contributed by atoms with van der Waals surface area (Å²) in [6.07, 6.45) is 6.74. The first-order valence-corrected chi connectivity index (χ1v) is 10.8. The fourth-order valence-electron chi connectivity index (χ4n) is 3.45. The van der Waals surface area contributed by atoms with Crippen LogP contribution in [0.4, 0.5) is 5.82 Å². The Balaban J connectivity index is 1.69. The Morgan fingerprint density at radius 2 is 1.90 bits per heavy atom. The van der Waals surface area contributed by atoms with Crippen molar-refractivity contribution in [3.63, 3.8) is 0 Å². The minimum atomic E-state index is 0.563. The average Bonchev–Trinajstić information content (AvgIpc) is 3.29. The van der Waals surface area contributed by atoms with Crippen LogP contribution < -0.4 is 10.6 Å². The van der Waals surface area contributed by atoms with E-state index in [0.717, 1.165) is 52.2 Å². The molecule has 8 heteroatoms. The number of hydrogen-bond donors (Lipinski definition) is 1. The number of nitrogens with two attached hydrogens (primary N) is 1. The van der Waals surface area contributed by atoms with E-state index >= 15 is 0 Å². The first kappa shape index (κ1) is 20.3. The molecule has 0 bridgehead atoms. The molecule has 30 heavy (non-hydrogen) atoms. The van der Waals surface area contributed by atoms with Crippen LogP contribution >= 0.6 is 11.8 Å². The number of benzene rings is 1. The smallest absolute Gasteiger partial charge is 0.160 e. The lowest BCUT2D eigenvalue weighted by atomic mass is 10.1. The molecule has 3 aromatic rings. The van der Waals surface area contributed by atoms with Crippen LogP contribution in [0.3, 0.4) is 0 Å². The highest BCUT2D eigenvalue weighted by Gasteiger charge is 2.17. The third-order valence-corrected chi connectivity index (χ3v) is 5.91. The highest BCUT2D eigenvalue weighted by Crippen LogP contribution is 2.36. The van der Waals surface area contributed by atoms with Crippen molar-refractivity contribution >= 4 is 17.6 Å². The summed E-state index contributed by atoms with van der Waals surface area (Å²) in [4.78, 5) is 21.5. The summed E-state index contributed by atoms with van der Waals surface area (Å²) in [7, 11) is 0. The second-order valence-electron chi connectivity index (χ2n) is 7.18. The summed E-state index contributed by atoms with van der Waals surface area (Å²) in [5.41, 5.74) is 8.08.